The van der Waals surface area contributed by atoms with E-state index in [1.165, 1.54) is 25.7 Å². The predicted octanol–water partition coefficient (Wildman–Crippen LogP) is 11.0. The van der Waals surface area contributed by atoms with Gasteiger partial charge in [0.25, 0.3) is 0 Å². The zero-order valence-corrected chi connectivity index (χ0v) is 38.7. The summed E-state index contributed by atoms with van der Waals surface area (Å²) in [5, 5.41) is 21.5. The Morgan fingerprint density at radius 3 is 1.77 bits per heavy atom. The molecule has 2 aromatic carbocycles. The number of aliphatic imine (C=N–C) groups is 2. The molecule has 0 aliphatic heterocycles. The Labute approximate surface area is 381 Å². The molecule has 10 heteroatoms. The monoisotopic (exact) mass is 895 g/mol. The van der Waals surface area contributed by atoms with E-state index < -0.39 is 0 Å². The Hall–Kier alpha value is -3.99. The van der Waals surface area contributed by atoms with Crippen LogP contribution in [0.15, 0.2) is 71.7 Å². The van der Waals surface area contributed by atoms with Crippen molar-refractivity contribution < 1.29 is 50.8 Å². The van der Waals surface area contributed by atoms with Crippen LogP contribution in [0.25, 0.3) is 0 Å². The normalized spacial score (nSPS) is 25.0. The van der Waals surface area contributed by atoms with Gasteiger partial charge in [-0.2, -0.15) is 0 Å². The molecular formula is C52H72CoN2O7. The number of aromatic hydroxyl groups is 2. The molecule has 3 saturated carbocycles. The van der Waals surface area contributed by atoms with E-state index in [2.05, 4.69) is 32.2 Å². The van der Waals surface area contributed by atoms with Gasteiger partial charge in [-0.3, -0.25) is 19.6 Å². The first kappa shape index (κ1) is 50.6. The molecule has 2 N–H and O–H groups in total. The van der Waals surface area contributed by atoms with E-state index in [4.69, 9.17) is 24.2 Å². The van der Waals surface area contributed by atoms with Crippen molar-refractivity contribution in [3.05, 3.63) is 95.1 Å². The van der Waals surface area contributed by atoms with Gasteiger partial charge in [0, 0.05) is 40.3 Å². The summed E-state index contributed by atoms with van der Waals surface area (Å²) in [5.74, 6) is 0.405. The van der Waals surface area contributed by atoms with Crippen LogP contribution in [-0.2, 0) is 47.2 Å². The van der Waals surface area contributed by atoms with Crippen molar-refractivity contribution in [3.8, 4) is 11.5 Å². The van der Waals surface area contributed by atoms with Crippen molar-refractivity contribution in [2.45, 2.75) is 136 Å². The van der Waals surface area contributed by atoms with Crippen LogP contribution in [0.4, 0.5) is 0 Å². The van der Waals surface area contributed by atoms with E-state index in [-0.39, 0.29) is 101 Å². The standard InChI is InChI=1S/C52H72N2O7.Co/c1-7-10-11-12-13-16-21-60-51(57)45-30-38(27-41(45)8-2)19-20-39-28-42(9-3)46(31-39)52(58)61-23-22-59-34-40-26-37(6)50(56)44(29-40)33-54-48-18-15-14-17-47(48)53-32-43-25-35(4)24-36(5)49(43)55;/h8-9,19-20,24-26,29,32-33,38-39,41-42,45-48,55-56H,2-3,7,10-18,21-23,27-28,30-31,34H2,1,4-6H3;/b20-19-,53-32?,54-33?;/t38?,39?,41?,42?,45?,46?,47-,48?;/m1./s1. The number of aryl methyl sites for hydroxylation is 3. The third-order valence-electron chi connectivity index (χ3n) is 13.0. The van der Waals surface area contributed by atoms with Gasteiger partial charge in [0.2, 0.25) is 0 Å². The molecule has 0 amide bonds. The van der Waals surface area contributed by atoms with Crippen LogP contribution in [0.2, 0.25) is 0 Å². The second kappa shape index (κ2) is 26.0. The minimum atomic E-state index is -0.253. The van der Waals surface area contributed by atoms with Crippen molar-refractivity contribution in [1.29, 1.82) is 0 Å². The molecule has 0 saturated heterocycles. The van der Waals surface area contributed by atoms with Gasteiger partial charge in [-0.25, -0.2) is 0 Å². The molecule has 1 radical (unpaired) electrons. The molecule has 7 unspecified atom stereocenters. The second-order valence-corrected chi connectivity index (χ2v) is 17.9. The maximum Gasteiger partial charge on any atom is 0.309 e. The molecular weight excluding hydrogens is 824 g/mol. The Kier molecular flexibility index (Phi) is 21.2. The molecule has 3 aliphatic rings. The van der Waals surface area contributed by atoms with Crippen molar-refractivity contribution in [1.82, 2.24) is 0 Å². The summed E-state index contributed by atoms with van der Waals surface area (Å²) in [6.07, 6.45) is 25.9. The van der Waals surface area contributed by atoms with E-state index >= 15 is 0 Å². The molecule has 0 bridgehead atoms. The first-order valence-corrected chi connectivity index (χ1v) is 23.0. The predicted molar refractivity (Wildman–Crippen MR) is 246 cm³/mol. The van der Waals surface area contributed by atoms with Crippen LogP contribution in [0, 0.1) is 56.3 Å². The number of nitrogens with zero attached hydrogens (tertiary/aromatic N) is 2. The third kappa shape index (κ3) is 14.8. The van der Waals surface area contributed by atoms with E-state index in [9.17, 15) is 19.8 Å². The quantitative estimate of drug-likeness (QED) is 0.0521. The molecule has 9 nitrogen and oxygen atoms in total. The van der Waals surface area contributed by atoms with Crippen LogP contribution in [0.1, 0.15) is 130 Å². The number of ether oxygens (including phenoxy) is 3. The van der Waals surface area contributed by atoms with Gasteiger partial charge in [-0.15, -0.1) is 13.2 Å². The van der Waals surface area contributed by atoms with Crippen molar-refractivity contribution in [2.75, 3.05) is 19.8 Å². The molecule has 5 rings (SSSR count). The topological polar surface area (TPSA) is 127 Å². The van der Waals surface area contributed by atoms with Crippen LogP contribution < -0.4 is 0 Å². The Morgan fingerprint density at radius 1 is 0.694 bits per heavy atom. The zero-order valence-electron chi connectivity index (χ0n) is 37.7. The number of hydrogen-bond acceptors (Lipinski definition) is 9. The summed E-state index contributed by atoms with van der Waals surface area (Å²) in [6.45, 7) is 17.2. The summed E-state index contributed by atoms with van der Waals surface area (Å²) >= 11 is 0. The fourth-order valence-corrected chi connectivity index (χ4v) is 9.52. The van der Waals surface area contributed by atoms with Crippen LogP contribution in [0.5, 0.6) is 11.5 Å². The number of carbonyl (C=O) groups is 2. The van der Waals surface area contributed by atoms with Crippen molar-refractivity contribution in [2.24, 2.45) is 45.5 Å². The molecule has 3 aliphatic carbocycles. The molecule has 3 fully saturated rings. The number of rotatable bonds is 22. The number of phenols is 2. The SMILES string of the molecule is C=CC1CC(/C=C\C2CC(C=C)C(C(=O)OCCOCc3cc(C)c(O)c(C=NC4CCCC[C@H]4N=Cc4cc(C)cc(C)c4O)c3)C2)CC1C(=O)OCCCCCCCC.[Co]. The van der Waals surface area contributed by atoms with Crippen LogP contribution >= 0.6 is 0 Å². The molecule has 62 heavy (non-hydrogen) atoms. The summed E-state index contributed by atoms with van der Waals surface area (Å²) in [7, 11) is 0. The van der Waals surface area contributed by atoms with Gasteiger partial charge in [0.1, 0.15) is 18.1 Å². The molecule has 0 heterocycles. The molecule has 0 aromatic heterocycles. The summed E-state index contributed by atoms with van der Waals surface area (Å²) in [5.41, 5.74) is 4.87. The van der Waals surface area contributed by atoms with Gasteiger partial charge in [-0.05, 0) is 124 Å². The second-order valence-electron chi connectivity index (χ2n) is 17.9. The Morgan fingerprint density at radius 2 is 1.21 bits per heavy atom. The number of unbranched alkanes of at least 4 members (excludes halogenated alkanes) is 5. The number of esters is 2. The average molecular weight is 896 g/mol. The van der Waals surface area contributed by atoms with E-state index in [0.717, 1.165) is 85.6 Å². The Bertz CT molecular complexity index is 1870. The zero-order chi connectivity index (χ0) is 43.7. The summed E-state index contributed by atoms with van der Waals surface area (Å²) in [6, 6.07) is 7.65. The van der Waals surface area contributed by atoms with Crippen molar-refractivity contribution in [3.63, 3.8) is 0 Å². The van der Waals surface area contributed by atoms with Gasteiger partial charge in [-0.1, -0.05) is 88.3 Å². The van der Waals surface area contributed by atoms with Crippen LogP contribution in [0.3, 0.4) is 0 Å². The van der Waals surface area contributed by atoms with Crippen LogP contribution in [-0.4, -0.2) is 66.5 Å². The first-order valence-electron chi connectivity index (χ1n) is 23.0. The maximum atomic E-state index is 13.3. The minimum absolute atomic E-state index is 0. The number of carbonyl (C=O) groups excluding carboxylic acids is 2. The summed E-state index contributed by atoms with van der Waals surface area (Å²) < 4.78 is 17.4. The molecule has 341 valence electrons. The van der Waals surface area contributed by atoms with Gasteiger partial charge in [0.15, 0.2) is 0 Å². The van der Waals surface area contributed by atoms with E-state index in [1.807, 2.05) is 57.2 Å². The number of allylic oxidation sites excluding steroid dienone is 4. The fourth-order valence-electron chi connectivity index (χ4n) is 9.52. The number of benzene rings is 2. The first-order chi connectivity index (χ1) is 29.5. The van der Waals surface area contributed by atoms with E-state index in [0.29, 0.717) is 25.2 Å². The maximum absolute atomic E-state index is 13.3. The number of hydrogen-bond donors (Lipinski definition) is 2. The average Bonchev–Trinajstić information content (AvgIpc) is 3.88. The molecule has 0 spiro atoms. The number of phenolic OH excluding ortho intramolecular Hbond substituents is 2. The van der Waals surface area contributed by atoms with Gasteiger partial charge < -0.3 is 24.4 Å². The van der Waals surface area contributed by atoms with Gasteiger partial charge >= 0.3 is 11.9 Å². The smallest absolute Gasteiger partial charge is 0.309 e. The largest absolute Gasteiger partial charge is 0.507 e. The van der Waals surface area contributed by atoms with Gasteiger partial charge in [0.05, 0.1) is 43.7 Å². The van der Waals surface area contributed by atoms with Crippen molar-refractivity contribution >= 4 is 24.4 Å². The fraction of sp³-hybridized carbons (Fsp3) is 0.577. The van der Waals surface area contributed by atoms with E-state index in [1.54, 1.807) is 12.4 Å². The third-order valence-corrected chi connectivity index (χ3v) is 13.0. The molecule has 2 aromatic rings. The Balaban J connectivity index is 0.00000845. The summed E-state index contributed by atoms with van der Waals surface area (Å²) in [4.78, 5) is 36.0. The minimum Gasteiger partial charge on any atom is -0.507 e. The molecule has 8 atom stereocenters.